The van der Waals surface area contributed by atoms with Crippen molar-refractivity contribution in [3.63, 3.8) is 0 Å². The number of hydrogen-bond acceptors (Lipinski definition) is 2. The number of aliphatic hydroxyl groups is 1. The van der Waals surface area contributed by atoms with Crippen LogP contribution in [0.25, 0.3) is 0 Å². The maximum Gasteiger partial charge on any atom is 0.254 e. The first-order valence-electron chi connectivity index (χ1n) is 4.19. The zero-order valence-electron chi connectivity index (χ0n) is 7.82. The molecule has 3 heteroatoms. The molecule has 3 nitrogen and oxygen atoms in total. The fraction of sp³-hybridized carbons (Fsp3) is 0.182. The molecule has 1 atom stereocenters. The molecule has 0 aliphatic carbocycles. The van der Waals surface area contributed by atoms with E-state index in [4.69, 9.17) is 11.5 Å². The minimum atomic E-state index is -0.881. The Kier molecular flexibility index (Phi) is 3.27. The minimum Gasteiger partial charge on any atom is -0.374 e. The van der Waals surface area contributed by atoms with Gasteiger partial charge in [0, 0.05) is 5.56 Å². The van der Waals surface area contributed by atoms with Crippen molar-refractivity contribution in [1.29, 1.82) is 0 Å². The highest BCUT2D eigenvalue weighted by atomic mass is 16.3. The summed E-state index contributed by atoms with van der Waals surface area (Å²) in [5.74, 6) is 2.04. The third-order valence-corrected chi connectivity index (χ3v) is 1.67. The van der Waals surface area contributed by atoms with Crippen LogP contribution in [-0.4, -0.2) is 17.2 Å². The normalized spacial score (nSPS) is 11.5. The van der Waals surface area contributed by atoms with E-state index in [9.17, 15) is 4.79 Å². The maximum atomic E-state index is 11.5. The molecule has 0 bridgehead atoms. The molecule has 14 heavy (non-hydrogen) atoms. The van der Waals surface area contributed by atoms with Gasteiger partial charge in [0.05, 0.1) is 5.56 Å². The van der Waals surface area contributed by atoms with Crippen molar-refractivity contribution >= 4 is 5.91 Å². The number of carbonyl (C=O) groups is 1. The van der Waals surface area contributed by atoms with E-state index in [2.05, 4.69) is 11.2 Å². The average molecular weight is 189 g/mol. The Hall–Kier alpha value is -1.79. The molecule has 0 heterocycles. The summed E-state index contributed by atoms with van der Waals surface area (Å²) in [6.45, 7) is 1.47. The van der Waals surface area contributed by atoms with E-state index >= 15 is 0 Å². The summed E-state index contributed by atoms with van der Waals surface area (Å²) < 4.78 is 0. The van der Waals surface area contributed by atoms with Gasteiger partial charge in [0.25, 0.3) is 5.91 Å². The first-order valence-corrected chi connectivity index (χ1v) is 4.19. The lowest BCUT2D eigenvalue weighted by atomic mass is 10.1. The molecule has 0 fully saturated rings. The van der Waals surface area contributed by atoms with Gasteiger partial charge >= 0.3 is 0 Å². The van der Waals surface area contributed by atoms with Gasteiger partial charge in [-0.2, -0.15) is 0 Å². The van der Waals surface area contributed by atoms with Crippen LogP contribution < -0.4 is 5.32 Å². The van der Waals surface area contributed by atoms with Crippen LogP contribution in [-0.2, 0) is 0 Å². The van der Waals surface area contributed by atoms with E-state index in [-0.39, 0.29) is 5.91 Å². The summed E-state index contributed by atoms with van der Waals surface area (Å²) in [6, 6.07) is 6.77. The second-order valence-corrected chi connectivity index (χ2v) is 2.84. The molecule has 1 amide bonds. The van der Waals surface area contributed by atoms with Crippen molar-refractivity contribution in [2.24, 2.45) is 0 Å². The molecule has 1 aromatic rings. The molecule has 1 unspecified atom stereocenters. The molecule has 0 saturated carbocycles. The lowest BCUT2D eigenvalue weighted by molar-refractivity contribution is 0.0818. The van der Waals surface area contributed by atoms with Crippen LogP contribution in [0.15, 0.2) is 24.3 Å². The molecule has 0 aliphatic rings. The molecule has 0 saturated heterocycles. The van der Waals surface area contributed by atoms with E-state index in [1.54, 1.807) is 24.3 Å². The average Bonchev–Trinajstić information content (AvgIpc) is 2.16. The number of hydrogen-bond donors (Lipinski definition) is 2. The molecule has 0 aliphatic heterocycles. The molecule has 1 rings (SSSR count). The number of carbonyl (C=O) groups excluding carboxylic acids is 1. The zero-order valence-corrected chi connectivity index (χ0v) is 7.82. The van der Waals surface area contributed by atoms with Crippen molar-refractivity contribution in [1.82, 2.24) is 5.32 Å². The fourth-order valence-corrected chi connectivity index (χ4v) is 1.07. The second-order valence-electron chi connectivity index (χ2n) is 2.84. The SMILES string of the molecule is C#Cc1ccccc1C(=O)NC(C)O. The lowest BCUT2D eigenvalue weighted by Gasteiger charge is -2.08. The fourth-order valence-electron chi connectivity index (χ4n) is 1.07. The third-order valence-electron chi connectivity index (χ3n) is 1.67. The highest BCUT2D eigenvalue weighted by molar-refractivity contribution is 5.96. The minimum absolute atomic E-state index is 0.367. The molecule has 72 valence electrons. The van der Waals surface area contributed by atoms with Gasteiger partial charge in [0.15, 0.2) is 0 Å². The van der Waals surface area contributed by atoms with Gasteiger partial charge < -0.3 is 10.4 Å². The van der Waals surface area contributed by atoms with Crippen molar-refractivity contribution in [2.45, 2.75) is 13.2 Å². The van der Waals surface area contributed by atoms with Gasteiger partial charge in [-0.1, -0.05) is 18.1 Å². The predicted molar refractivity (Wildman–Crippen MR) is 53.5 cm³/mol. The standard InChI is InChI=1S/C11H11NO2/c1-3-9-6-4-5-7-10(9)11(14)12-8(2)13/h1,4-8,13H,2H3,(H,12,14). The van der Waals surface area contributed by atoms with Gasteiger partial charge in [-0.05, 0) is 19.1 Å². The Morgan fingerprint density at radius 2 is 2.21 bits per heavy atom. The summed E-state index contributed by atoms with van der Waals surface area (Å²) in [5.41, 5.74) is 0.918. The first-order chi connectivity index (χ1) is 6.65. The van der Waals surface area contributed by atoms with Crippen LogP contribution in [0, 0.1) is 12.3 Å². The highest BCUT2D eigenvalue weighted by Crippen LogP contribution is 2.06. The molecular weight excluding hydrogens is 178 g/mol. The number of aliphatic hydroxyl groups excluding tert-OH is 1. The number of benzene rings is 1. The van der Waals surface area contributed by atoms with E-state index in [0.717, 1.165) is 0 Å². The smallest absolute Gasteiger partial charge is 0.254 e. The lowest BCUT2D eigenvalue weighted by Crippen LogP contribution is -2.32. The summed E-state index contributed by atoms with van der Waals surface area (Å²) >= 11 is 0. The molecule has 1 aromatic carbocycles. The van der Waals surface area contributed by atoms with E-state index < -0.39 is 6.23 Å². The zero-order chi connectivity index (χ0) is 10.6. The maximum absolute atomic E-state index is 11.5. The van der Waals surface area contributed by atoms with Crippen LogP contribution in [0.2, 0.25) is 0 Å². The van der Waals surface area contributed by atoms with Gasteiger partial charge in [0.2, 0.25) is 0 Å². The molecule has 0 aromatic heterocycles. The largest absolute Gasteiger partial charge is 0.374 e. The van der Waals surface area contributed by atoms with Crippen molar-refractivity contribution < 1.29 is 9.90 Å². The van der Waals surface area contributed by atoms with Crippen molar-refractivity contribution in [3.05, 3.63) is 35.4 Å². The number of amides is 1. The monoisotopic (exact) mass is 189 g/mol. The molecule has 0 radical (unpaired) electrons. The Morgan fingerprint density at radius 3 is 2.79 bits per heavy atom. The van der Waals surface area contributed by atoms with Crippen molar-refractivity contribution in [3.8, 4) is 12.3 Å². The van der Waals surface area contributed by atoms with E-state index in [0.29, 0.717) is 11.1 Å². The van der Waals surface area contributed by atoms with E-state index in [1.165, 1.54) is 6.92 Å². The summed E-state index contributed by atoms with van der Waals surface area (Å²) in [5, 5.41) is 11.3. The Morgan fingerprint density at radius 1 is 1.57 bits per heavy atom. The van der Waals surface area contributed by atoms with Crippen LogP contribution in [0.1, 0.15) is 22.8 Å². The van der Waals surface area contributed by atoms with E-state index in [1.807, 2.05) is 0 Å². The van der Waals surface area contributed by atoms with Gasteiger partial charge in [-0.15, -0.1) is 6.42 Å². The number of nitrogens with one attached hydrogen (secondary N) is 1. The van der Waals surface area contributed by atoms with Crippen molar-refractivity contribution in [2.75, 3.05) is 0 Å². The van der Waals surface area contributed by atoms with Gasteiger partial charge in [0.1, 0.15) is 6.23 Å². The Balaban J connectivity index is 2.96. The Labute approximate surface area is 82.8 Å². The van der Waals surface area contributed by atoms with Crippen LogP contribution in [0.4, 0.5) is 0 Å². The Bertz CT molecular complexity index is 377. The van der Waals surface area contributed by atoms with Crippen LogP contribution in [0.3, 0.4) is 0 Å². The summed E-state index contributed by atoms with van der Waals surface area (Å²) in [7, 11) is 0. The first kappa shape index (κ1) is 10.3. The second kappa shape index (κ2) is 4.45. The molecule has 0 spiro atoms. The molecule has 2 N–H and O–H groups in total. The molecular formula is C11H11NO2. The third kappa shape index (κ3) is 2.35. The van der Waals surface area contributed by atoms with Gasteiger partial charge in [-0.3, -0.25) is 4.79 Å². The number of rotatable bonds is 2. The van der Waals surface area contributed by atoms with Crippen LogP contribution >= 0.6 is 0 Å². The quantitative estimate of drug-likeness (QED) is 0.532. The predicted octanol–water partition coefficient (Wildman–Crippen LogP) is 0.736. The number of terminal acetylenes is 1. The topological polar surface area (TPSA) is 49.3 Å². The summed E-state index contributed by atoms with van der Waals surface area (Å²) in [6.07, 6.45) is 4.35. The van der Waals surface area contributed by atoms with Crippen LogP contribution in [0.5, 0.6) is 0 Å². The highest BCUT2D eigenvalue weighted by Gasteiger charge is 2.10. The van der Waals surface area contributed by atoms with Gasteiger partial charge in [-0.25, -0.2) is 0 Å². The summed E-state index contributed by atoms with van der Waals surface area (Å²) in [4.78, 5) is 11.5.